The number of fused-ring (bicyclic) bond motifs is 2. The fraction of sp³-hybridized carbons (Fsp3) is 0.526. The Kier molecular flexibility index (Phi) is 4.54. The number of amides is 1. The standard InChI is InChI=1S/C19H25N3O3/c1-6-11(4)15-17-20-14-8-7-12(25-5)9-13(14)19(24)22(17)16(10(2)3)18(23)21-15/h7-11,15-16H,6H2,1-5H3,(H,21,23)/t11-,15-,16-/m0/s1. The molecule has 3 rings (SSSR count). The molecule has 2 heterocycles. The zero-order valence-corrected chi connectivity index (χ0v) is 15.4. The van der Waals surface area contributed by atoms with Crippen molar-refractivity contribution in [2.45, 2.75) is 46.2 Å². The van der Waals surface area contributed by atoms with Crippen molar-refractivity contribution in [1.82, 2.24) is 14.9 Å². The molecule has 3 atom stereocenters. The minimum Gasteiger partial charge on any atom is -0.497 e. The number of methoxy groups -OCH3 is 1. The second kappa shape index (κ2) is 6.50. The highest BCUT2D eigenvalue weighted by Gasteiger charge is 2.38. The predicted molar refractivity (Wildman–Crippen MR) is 96.8 cm³/mol. The van der Waals surface area contributed by atoms with E-state index in [2.05, 4.69) is 19.2 Å². The number of benzene rings is 1. The minimum atomic E-state index is -0.550. The van der Waals surface area contributed by atoms with E-state index in [-0.39, 0.29) is 29.3 Å². The summed E-state index contributed by atoms with van der Waals surface area (Å²) in [5.41, 5.74) is 0.449. The van der Waals surface area contributed by atoms with Gasteiger partial charge >= 0.3 is 0 Å². The summed E-state index contributed by atoms with van der Waals surface area (Å²) in [5, 5.41) is 3.56. The Morgan fingerprint density at radius 3 is 2.60 bits per heavy atom. The van der Waals surface area contributed by atoms with Gasteiger partial charge in [-0.2, -0.15) is 0 Å². The zero-order valence-electron chi connectivity index (χ0n) is 15.4. The summed E-state index contributed by atoms with van der Waals surface area (Å²) in [4.78, 5) is 30.7. The van der Waals surface area contributed by atoms with Gasteiger partial charge in [-0.25, -0.2) is 4.98 Å². The van der Waals surface area contributed by atoms with E-state index in [0.717, 1.165) is 6.42 Å². The van der Waals surface area contributed by atoms with E-state index in [0.29, 0.717) is 22.5 Å². The van der Waals surface area contributed by atoms with Crippen molar-refractivity contribution in [2.75, 3.05) is 7.11 Å². The van der Waals surface area contributed by atoms with Crippen LogP contribution in [0.1, 0.15) is 52.0 Å². The third-order valence-corrected chi connectivity index (χ3v) is 5.10. The van der Waals surface area contributed by atoms with Crippen LogP contribution in [-0.2, 0) is 4.79 Å². The number of nitrogens with zero attached hydrogens (tertiary/aromatic N) is 2. The van der Waals surface area contributed by atoms with Gasteiger partial charge in [0.1, 0.15) is 17.6 Å². The molecule has 1 aliphatic rings. The first kappa shape index (κ1) is 17.5. The van der Waals surface area contributed by atoms with E-state index in [1.165, 1.54) is 0 Å². The first-order valence-corrected chi connectivity index (χ1v) is 8.79. The smallest absolute Gasteiger partial charge is 0.262 e. The Morgan fingerprint density at radius 1 is 1.28 bits per heavy atom. The van der Waals surface area contributed by atoms with Gasteiger partial charge in [-0.1, -0.05) is 34.1 Å². The Bertz CT molecular complexity index is 872. The maximum atomic E-state index is 13.2. The van der Waals surface area contributed by atoms with Crippen LogP contribution in [0.3, 0.4) is 0 Å². The van der Waals surface area contributed by atoms with Crippen LogP contribution in [0.5, 0.6) is 5.75 Å². The number of aromatic nitrogens is 2. The van der Waals surface area contributed by atoms with Gasteiger partial charge in [0.15, 0.2) is 0 Å². The molecule has 1 amide bonds. The van der Waals surface area contributed by atoms with Gasteiger partial charge in [-0.05, 0) is 30.0 Å². The number of hydrogen-bond donors (Lipinski definition) is 1. The molecule has 0 fully saturated rings. The Morgan fingerprint density at radius 2 is 2.00 bits per heavy atom. The summed E-state index contributed by atoms with van der Waals surface area (Å²) in [7, 11) is 1.56. The quantitative estimate of drug-likeness (QED) is 0.926. The second-order valence-corrected chi connectivity index (χ2v) is 7.09. The summed E-state index contributed by atoms with van der Waals surface area (Å²) >= 11 is 0. The summed E-state index contributed by atoms with van der Waals surface area (Å²) in [6.07, 6.45) is 0.883. The first-order chi connectivity index (χ1) is 11.9. The molecular formula is C19H25N3O3. The summed E-state index contributed by atoms with van der Waals surface area (Å²) in [6.45, 7) is 8.02. The highest BCUT2D eigenvalue weighted by molar-refractivity contribution is 5.84. The van der Waals surface area contributed by atoms with Crippen LogP contribution in [0.15, 0.2) is 23.0 Å². The topological polar surface area (TPSA) is 73.2 Å². The molecule has 1 aromatic carbocycles. The van der Waals surface area contributed by atoms with Crippen LogP contribution in [0.4, 0.5) is 0 Å². The fourth-order valence-corrected chi connectivity index (χ4v) is 3.46. The number of rotatable bonds is 4. The molecule has 0 saturated carbocycles. The summed E-state index contributed by atoms with van der Waals surface area (Å²) in [6, 6.07) is 4.48. The normalized spacial score (nSPS) is 21.1. The Balaban J connectivity index is 2.34. The second-order valence-electron chi connectivity index (χ2n) is 7.09. The number of nitrogens with one attached hydrogen (secondary N) is 1. The van der Waals surface area contributed by atoms with Gasteiger partial charge in [0, 0.05) is 0 Å². The van der Waals surface area contributed by atoms with Crippen molar-refractivity contribution in [3.05, 3.63) is 34.4 Å². The molecule has 25 heavy (non-hydrogen) atoms. The van der Waals surface area contributed by atoms with Crippen molar-refractivity contribution in [1.29, 1.82) is 0 Å². The molecule has 134 valence electrons. The number of carbonyl (C=O) groups is 1. The molecule has 0 radical (unpaired) electrons. The molecule has 2 aromatic rings. The molecule has 1 aliphatic heterocycles. The van der Waals surface area contributed by atoms with Gasteiger partial charge < -0.3 is 10.1 Å². The lowest BCUT2D eigenvalue weighted by Crippen LogP contribution is -2.50. The zero-order chi connectivity index (χ0) is 18.3. The van der Waals surface area contributed by atoms with Crippen LogP contribution >= 0.6 is 0 Å². The van der Waals surface area contributed by atoms with Gasteiger partial charge in [-0.3, -0.25) is 14.2 Å². The van der Waals surface area contributed by atoms with E-state index in [9.17, 15) is 9.59 Å². The maximum Gasteiger partial charge on any atom is 0.262 e. The molecule has 0 aliphatic carbocycles. The first-order valence-electron chi connectivity index (χ1n) is 8.79. The van der Waals surface area contributed by atoms with Crippen molar-refractivity contribution in [2.24, 2.45) is 11.8 Å². The maximum absolute atomic E-state index is 13.2. The highest BCUT2D eigenvalue weighted by atomic mass is 16.5. The van der Waals surface area contributed by atoms with Gasteiger partial charge in [0.25, 0.3) is 5.56 Å². The third-order valence-electron chi connectivity index (χ3n) is 5.10. The van der Waals surface area contributed by atoms with Crippen LogP contribution in [0.25, 0.3) is 10.9 Å². The average Bonchev–Trinajstić information content (AvgIpc) is 2.60. The average molecular weight is 343 g/mol. The Hall–Kier alpha value is -2.37. The van der Waals surface area contributed by atoms with E-state index >= 15 is 0 Å². The highest BCUT2D eigenvalue weighted by Crippen LogP contribution is 2.32. The third kappa shape index (κ3) is 2.79. The van der Waals surface area contributed by atoms with E-state index in [4.69, 9.17) is 9.72 Å². The van der Waals surface area contributed by atoms with Gasteiger partial charge in [0.2, 0.25) is 5.91 Å². The van der Waals surface area contributed by atoms with Crippen molar-refractivity contribution in [3.63, 3.8) is 0 Å². The van der Waals surface area contributed by atoms with Crippen LogP contribution in [0.2, 0.25) is 0 Å². The van der Waals surface area contributed by atoms with E-state index in [1.54, 1.807) is 29.9 Å². The van der Waals surface area contributed by atoms with Crippen molar-refractivity contribution in [3.8, 4) is 5.75 Å². The van der Waals surface area contributed by atoms with Gasteiger partial charge in [0.05, 0.1) is 24.1 Å². The predicted octanol–water partition coefficient (Wildman–Crippen LogP) is 2.82. The Labute approximate surface area is 147 Å². The number of carbonyl (C=O) groups excluding carboxylic acids is 1. The monoisotopic (exact) mass is 343 g/mol. The van der Waals surface area contributed by atoms with Crippen LogP contribution in [0, 0.1) is 11.8 Å². The molecule has 0 spiro atoms. The van der Waals surface area contributed by atoms with Crippen LogP contribution < -0.4 is 15.6 Å². The molecule has 1 N–H and O–H groups in total. The SMILES string of the molecule is CC[C@H](C)[C@@H]1NC(=O)[C@H](C(C)C)n2c1nc1ccc(OC)cc1c2=O. The largest absolute Gasteiger partial charge is 0.497 e. The molecule has 0 unspecified atom stereocenters. The number of hydrogen-bond acceptors (Lipinski definition) is 4. The van der Waals surface area contributed by atoms with Gasteiger partial charge in [-0.15, -0.1) is 0 Å². The van der Waals surface area contributed by atoms with Crippen molar-refractivity contribution >= 4 is 16.8 Å². The summed E-state index contributed by atoms with van der Waals surface area (Å²) < 4.78 is 6.84. The molecule has 6 heteroatoms. The van der Waals surface area contributed by atoms with E-state index in [1.807, 2.05) is 13.8 Å². The molecule has 6 nitrogen and oxygen atoms in total. The molecule has 0 saturated heterocycles. The minimum absolute atomic E-state index is 0.0146. The summed E-state index contributed by atoms with van der Waals surface area (Å²) in [5.74, 6) is 1.31. The van der Waals surface area contributed by atoms with Crippen molar-refractivity contribution < 1.29 is 9.53 Å². The van der Waals surface area contributed by atoms with E-state index < -0.39 is 6.04 Å². The molecule has 1 aromatic heterocycles. The lowest BCUT2D eigenvalue weighted by Gasteiger charge is -2.36. The molecular weight excluding hydrogens is 318 g/mol. The molecule has 0 bridgehead atoms. The van der Waals surface area contributed by atoms with Crippen LogP contribution in [-0.4, -0.2) is 22.6 Å². The fourth-order valence-electron chi connectivity index (χ4n) is 3.46. The lowest BCUT2D eigenvalue weighted by molar-refractivity contribution is -0.128. The lowest BCUT2D eigenvalue weighted by atomic mass is 9.92. The number of ether oxygens (including phenoxy) is 1.